The quantitative estimate of drug-likeness (QED) is 0.885. The van der Waals surface area contributed by atoms with E-state index in [-0.39, 0.29) is 0 Å². The molecule has 0 spiro atoms. The van der Waals surface area contributed by atoms with E-state index in [1.165, 1.54) is 18.4 Å². The molecule has 100 valence electrons. The monoisotopic (exact) mass is 248 g/mol. The topological polar surface area (TPSA) is 55.0 Å². The fraction of sp³-hybridized carbons (Fsp3) is 0.714. The molecule has 1 unspecified atom stereocenters. The van der Waals surface area contributed by atoms with Crippen LogP contribution >= 0.6 is 0 Å². The van der Waals surface area contributed by atoms with Crippen molar-refractivity contribution in [2.75, 3.05) is 18.0 Å². The van der Waals surface area contributed by atoms with Crippen molar-refractivity contribution in [1.29, 1.82) is 0 Å². The number of rotatable bonds is 4. The van der Waals surface area contributed by atoms with Gasteiger partial charge in [-0.15, -0.1) is 0 Å². The number of piperidine rings is 1. The van der Waals surface area contributed by atoms with Crippen LogP contribution in [0.1, 0.15) is 38.7 Å². The van der Waals surface area contributed by atoms with E-state index >= 15 is 0 Å². The molecule has 1 saturated heterocycles. The number of anilines is 1. The Labute approximate surface area is 110 Å². The van der Waals surface area contributed by atoms with Crippen molar-refractivity contribution in [3.05, 3.63) is 18.0 Å². The Hall–Kier alpha value is -1.16. The minimum absolute atomic E-state index is 0.412. The largest absolute Gasteiger partial charge is 0.337 e. The Kier molecular flexibility index (Phi) is 4.53. The van der Waals surface area contributed by atoms with Crippen molar-refractivity contribution in [1.82, 2.24) is 9.97 Å². The first kappa shape index (κ1) is 13.3. The zero-order valence-electron chi connectivity index (χ0n) is 11.5. The van der Waals surface area contributed by atoms with E-state index in [2.05, 4.69) is 28.7 Å². The molecular weight excluding hydrogens is 224 g/mol. The lowest BCUT2D eigenvalue weighted by molar-refractivity contribution is 0.458. The lowest BCUT2D eigenvalue weighted by Gasteiger charge is -2.34. The van der Waals surface area contributed by atoms with Gasteiger partial charge in [-0.1, -0.05) is 13.8 Å². The first-order valence-electron chi connectivity index (χ1n) is 6.98. The van der Waals surface area contributed by atoms with Crippen molar-refractivity contribution in [2.24, 2.45) is 11.7 Å². The third-order valence-corrected chi connectivity index (χ3v) is 3.49. The summed E-state index contributed by atoms with van der Waals surface area (Å²) in [7, 11) is 0. The molecular formula is C14H24N4. The van der Waals surface area contributed by atoms with Gasteiger partial charge in [0.15, 0.2) is 0 Å². The van der Waals surface area contributed by atoms with E-state index in [0.29, 0.717) is 18.5 Å². The van der Waals surface area contributed by atoms with Crippen LogP contribution in [0.5, 0.6) is 0 Å². The summed E-state index contributed by atoms with van der Waals surface area (Å²) in [6, 6.07) is 0.412. The van der Waals surface area contributed by atoms with Crippen molar-refractivity contribution in [2.45, 2.75) is 45.6 Å². The van der Waals surface area contributed by atoms with E-state index < -0.39 is 0 Å². The van der Waals surface area contributed by atoms with Crippen LogP contribution in [-0.2, 0) is 6.42 Å². The number of hydrogen-bond donors (Lipinski definition) is 1. The normalized spacial score (nSPS) is 20.4. The third-order valence-electron chi connectivity index (χ3n) is 3.49. The van der Waals surface area contributed by atoms with Crippen LogP contribution in [0.15, 0.2) is 12.4 Å². The molecule has 1 fully saturated rings. The minimum Gasteiger partial charge on any atom is -0.337 e. The molecule has 1 atom stereocenters. The highest BCUT2D eigenvalue weighted by Crippen LogP contribution is 2.21. The molecule has 2 rings (SSSR count). The van der Waals surface area contributed by atoms with Gasteiger partial charge < -0.3 is 10.6 Å². The van der Waals surface area contributed by atoms with Crippen LogP contribution < -0.4 is 10.6 Å². The average Bonchev–Trinajstić information content (AvgIpc) is 2.39. The summed E-state index contributed by atoms with van der Waals surface area (Å²) in [5, 5.41) is 0. The molecule has 1 aromatic rings. The molecule has 0 amide bonds. The Bertz CT molecular complexity index is 361. The molecule has 2 heterocycles. The molecule has 1 aromatic heterocycles. The van der Waals surface area contributed by atoms with Crippen LogP contribution in [0.2, 0.25) is 0 Å². The maximum atomic E-state index is 5.83. The molecule has 0 bridgehead atoms. The zero-order chi connectivity index (χ0) is 13.0. The molecule has 4 nitrogen and oxygen atoms in total. The smallest absolute Gasteiger partial charge is 0.225 e. The molecule has 0 aliphatic carbocycles. The lowest BCUT2D eigenvalue weighted by Crippen LogP contribution is -2.45. The van der Waals surface area contributed by atoms with Gasteiger partial charge in [0, 0.05) is 31.5 Å². The van der Waals surface area contributed by atoms with E-state index in [4.69, 9.17) is 5.73 Å². The molecule has 0 aromatic carbocycles. The second-order valence-electron chi connectivity index (χ2n) is 5.57. The van der Waals surface area contributed by atoms with Crippen LogP contribution in [0.3, 0.4) is 0 Å². The summed E-state index contributed by atoms with van der Waals surface area (Å²) in [5.41, 5.74) is 7.05. The van der Waals surface area contributed by atoms with Gasteiger partial charge in [-0.05, 0) is 37.2 Å². The predicted octanol–water partition coefficient (Wildman–Crippen LogP) is 1.99. The molecule has 0 saturated carbocycles. The molecule has 4 heteroatoms. The van der Waals surface area contributed by atoms with Crippen molar-refractivity contribution >= 4 is 5.95 Å². The number of nitrogens with zero attached hydrogens (tertiary/aromatic N) is 3. The summed E-state index contributed by atoms with van der Waals surface area (Å²) < 4.78 is 0. The van der Waals surface area contributed by atoms with Crippen LogP contribution in [-0.4, -0.2) is 29.1 Å². The number of hydrogen-bond acceptors (Lipinski definition) is 4. The fourth-order valence-corrected chi connectivity index (χ4v) is 2.58. The molecule has 1 aliphatic heterocycles. The van der Waals surface area contributed by atoms with Crippen molar-refractivity contribution < 1.29 is 0 Å². The number of nitrogens with two attached hydrogens (primary N) is 1. The van der Waals surface area contributed by atoms with E-state index in [1.807, 2.05) is 12.4 Å². The summed E-state index contributed by atoms with van der Waals surface area (Å²) in [6.07, 6.45) is 8.61. The van der Waals surface area contributed by atoms with Gasteiger partial charge in [0.2, 0.25) is 5.95 Å². The predicted molar refractivity (Wildman–Crippen MR) is 74.6 cm³/mol. The maximum Gasteiger partial charge on any atom is 0.225 e. The molecule has 1 aliphatic rings. The molecule has 18 heavy (non-hydrogen) atoms. The SMILES string of the molecule is CC(C)Cc1cnc(N2CCCCC2CN)nc1. The molecule has 2 N–H and O–H groups in total. The second-order valence-corrected chi connectivity index (χ2v) is 5.57. The van der Waals surface area contributed by atoms with Gasteiger partial charge in [-0.25, -0.2) is 9.97 Å². The van der Waals surface area contributed by atoms with Gasteiger partial charge in [-0.2, -0.15) is 0 Å². The van der Waals surface area contributed by atoms with Gasteiger partial charge in [-0.3, -0.25) is 0 Å². The highest BCUT2D eigenvalue weighted by molar-refractivity contribution is 5.32. The third kappa shape index (κ3) is 3.19. The zero-order valence-corrected chi connectivity index (χ0v) is 11.5. The van der Waals surface area contributed by atoms with Gasteiger partial charge in [0.25, 0.3) is 0 Å². The fourth-order valence-electron chi connectivity index (χ4n) is 2.58. The first-order chi connectivity index (χ1) is 8.70. The highest BCUT2D eigenvalue weighted by atomic mass is 15.3. The van der Waals surface area contributed by atoms with Crippen molar-refractivity contribution in [3.8, 4) is 0 Å². The average molecular weight is 248 g/mol. The van der Waals surface area contributed by atoms with Crippen LogP contribution in [0.25, 0.3) is 0 Å². The Balaban J connectivity index is 2.07. The van der Waals surface area contributed by atoms with Crippen LogP contribution in [0.4, 0.5) is 5.95 Å². The van der Waals surface area contributed by atoms with E-state index in [1.54, 1.807) is 0 Å². The Morgan fingerprint density at radius 3 is 2.67 bits per heavy atom. The standard InChI is InChI=1S/C14H24N4/c1-11(2)7-12-9-16-14(17-10-12)18-6-4-3-5-13(18)8-15/h9-11,13H,3-8,15H2,1-2H3. The highest BCUT2D eigenvalue weighted by Gasteiger charge is 2.23. The molecule has 0 radical (unpaired) electrons. The lowest BCUT2D eigenvalue weighted by atomic mass is 10.0. The minimum atomic E-state index is 0.412. The Morgan fingerprint density at radius 1 is 1.33 bits per heavy atom. The maximum absolute atomic E-state index is 5.83. The van der Waals surface area contributed by atoms with E-state index in [9.17, 15) is 0 Å². The summed E-state index contributed by atoms with van der Waals surface area (Å²) in [5.74, 6) is 1.49. The first-order valence-corrected chi connectivity index (χ1v) is 6.98. The van der Waals surface area contributed by atoms with E-state index in [0.717, 1.165) is 25.3 Å². The van der Waals surface area contributed by atoms with Gasteiger partial charge >= 0.3 is 0 Å². The van der Waals surface area contributed by atoms with Gasteiger partial charge in [0.1, 0.15) is 0 Å². The van der Waals surface area contributed by atoms with Gasteiger partial charge in [0.05, 0.1) is 0 Å². The van der Waals surface area contributed by atoms with Crippen molar-refractivity contribution in [3.63, 3.8) is 0 Å². The summed E-state index contributed by atoms with van der Waals surface area (Å²) >= 11 is 0. The second kappa shape index (κ2) is 6.14. The van der Waals surface area contributed by atoms with Crippen LogP contribution in [0, 0.1) is 5.92 Å². The Morgan fingerprint density at radius 2 is 2.06 bits per heavy atom. The summed E-state index contributed by atoms with van der Waals surface area (Å²) in [4.78, 5) is 11.3. The number of aromatic nitrogens is 2. The summed E-state index contributed by atoms with van der Waals surface area (Å²) in [6.45, 7) is 6.15.